The van der Waals surface area contributed by atoms with Gasteiger partial charge in [-0.25, -0.2) is 5.01 Å². The van der Waals surface area contributed by atoms with Crippen LogP contribution in [0.25, 0.3) is 0 Å². The maximum absolute atomic E-state index is 13.4. The zero-order chi connectivity index (χ0) is 25.8. The Labute approximate surface area is 207 Å². The zero-order valence-corrected chi connectivity index (χ0v) is 21.6. The van der Waals surface area contributed by atoms with Gasteiger partial charge >= 0.3 is 0 Å². The number of amides is 2. The Bertz CT molecular complexity index is 1090. The molecule has 0 N–H and O–H groups in total. The van der Waals surface area contributed by atoms with Crippen LogP contribution in [0, 0.1) is 5.41 Å². The molecule has 2 aromatic rings. The van der Waals surface area contributed by atoms with E-state index in [9.17, 15) is 9.59 Å². The van der Waals surface area contributed by atoms with Crippen LogP contribution < -0.4 is 14.2 Å². The lowest BCUT2D eigenvalue weighted by Gasteiger charge is -2.27. The van der Waals surface area contributed by atoms with Gasteiger partial charge in [0.25, 0.3) is 5.91 Å². The number of hydrazone groups is 1. The van der Waals surface area contributed by atoms with Gasteiger partial charge in [0, 0.05) is 19.9 Å². The Kier molecular flexibility index (Phi) is 8.04. The van der Waals surface area contributed by atoms with Crippen LogP contribution in [0.4, 0.5) is 0 Å². The summed E-state index contributed by atoms with van der Waals surface area (Å²) in [4.78, 5) is 27.5. The van der Waals surface area contributed by atoms with E-state index in [4.69, 9.17) is 19.3 Å². The summed E-state index contributed by atoms with van der Waals surface area (Å²) in [7, 11) is 6.43. The van der Waals surface area contributed by atoms with Crippen molar-refractivity contribution >= 4 is 17.5 Å². The highest BCUT2D eigenvalue weighted by Crippen LogP contribution is 2.37. The molecule has 3 rings (SSSR count). The van der Waals surface area contributed by atoms with Gasteiger partial charge in [-0.1, -0.05) is 26.8 Å². The quantitative estimate of drug-likeness (QED) is 0.562. The van der Waals surface area contributed by atoms with Crippen LogP contribution in [-0.2, 0) is 9.59 Å². The second-order valence-corrected chi connectivity index (χ2v) is 9.84. The first kappa shape index (κ1) is 26.1. The predicted molar refractivity (Wildman–Crippen MR) is 135 cm³/mol. The molecule has 1 aliphatic rings. The zero-order valence-electron chi connectivity index (χ0n) is 21.6. The van der Waals surface area contributed by atoms with Crippen LogP contribution in [0.15, 0.2) is 47.6 Å². The molecular formula is C27H35N3O5. The lowest BCUT2D eigenvalue weighted by Crippen LogP contribution is -2.40. The van der Waals surface area contributed by atoms with E-state index in [1.807, 2.05) is 63.2 Å². The molecule has 35 heavy (non-hydrogen) atoms. The first-order valence-electron chi connectivity index (χ1n) is 11.6. The second kappa shape index (κ2) is 10.8. The molecule has 8 nitrogen and oxygen atoms in total. The van der Waals surface area contributed by atoms with E-state index < -0.39 is 0 Å². The number of benzene rings is 2. The van der Waals surface area contributed by atoms with Crippen molar-refractivity contribution in [2.75, 3.05) is 34.9 Å². The molecule has 1 heterocycles. The fraction of sp³-hybridized carbons (Fsp3) is 0.444. The second-order valence-electron chi connectivity index (χ2n) is 9.84. The summed E-state index contributed by atoms with van der Waals surface area (Å²) in [6.07, 6.45) is 0.878. The van der Waals surface area contributed by atoms with Crippen LogP contribution in [0.5, 0.6) is 17.2 Å². The van der Waals surface area contributed by atoms with E-state index in [-0.39, 0.29) is 29.8 Å². The minimum atomic E-state index is -0.342. The van der Waals surface area contributed by atoms with E-state index in [1.165, 1.54) is 9.91 Å². The van der Waals surface area contributed by atoms with Gasteiger partial charge in [-0.2, -0.15) is 5.10 Å². The summed E-state index contributed by atoms with van der Waals surface area (Å²) >= 11 is 0. The smallest absolute Gasteiger partial charge is 0.262 e. The topological polar surface area (TPSA) is 80.7 Å². The number of methoxy groups -OCH3 is 3. The number of rotatable bonds is 8. The molecule has 0 saturated heterocycles. The van der Waals surface area contributed by atoms with E-state index in [0.717, 1.165) is 22.6 Å². The largest absolute Gasteiger partial charge is 0.497 e. The van der Waals surface area contributed by atoms with Crippen molar-refractivity contribution in [1.82, 2.24) is 9.91 Å². The van der Waals surface area contributed by atoms with Gasteiger partial charge in [0.15, 0.2) is 11.5 Å². The van der Waals surface area contributed by atoms with E-state index >= 15 is 0 Å². The van der Waals surface area contributed by atoms with Crippen molar-refractivity contribution in [3.05, 3.63) is 53.6 Å². The van der Waals surface area contributed by atoms with Crippen LogP contribution in [0.1, 0.15) is 50.8 Å². The molecule has 0 fully saturated rings. The normalized spacial score (nSPS) is 15.5. The van der Waals surface area contributed by atoms with Crippen LogP contribution in [-0.4, -0.2) is 62.4 Å². The average molecular weight is 482 g/mol. The van der Waals surface area contributed by atoms with Gasteiger partial charge in [0.1, 0.15) is 12.3 Å². The van der Waals surface area contributed by atoms with Crippen molar-refractivity contribution in [3.8, 4) is 17.2 Å². The highest BCUT2D eigenvalue weighted by atomic mass is 16.5. The van der Waals surface area contributed by atoms with Crippen molar-refractivity contribution in [1.29, 1.82) is 0 Å². The highest BCUT2D eigenvalue weighted by Gasteiger charge is 2.34. The van der Waals surface area contributed by atoms with Crippen LogP contribution in [0.2, 0.25) is 0 Å². The third kappa shape index (κ3) is 6.32. The summed E-state index contributed by atoms with van der Waals surface area (Å²) < 4.78 is 16.1. The van der Waals surface area contributed by atoms with E-state index in [2.05, 4.69) is 0 Å². The summed E-state index contributed by atoms with van der Waals surface area (Å²) in [5.74, 6) is 1.60. The minimum Gasteiger partial charge on any atom is -0.497 e. The molecule has 1 atom stereocenters. The van der Waals surface area contributed by atoms with Crippen LogP contribution >= 0.6 is 0 Å². The standard InChI is InChI=1S/C27H35N3O5/c1-27(2,3)16-25(31)29(4)17-26(32)30-22(19-10-13-23(34-6)24(14-19)35-7)15-21(28-30)18-8-11-20(33-5)12-9-18/h8-14,22H,15-17H2,1-7H3. The average Bonchev–Trinajstić information content (AvgIpc) is 3.28. The van der Waals surface area contributed by atoms with Gasteiger partial charge in [0.05, 0.1) is 33.1 Å². The molecule has 0 spiro atoms. The fourth-order valence-electron chi connectivity index (χ4n) is 3.97. The Morgan fingerprint density at radius 2 is 1.66 bits per heavy atom. The number of nitrogens with zero attached hydrogens (tertiary/aromatic N) is 3. The number of likely N-dealkylation sites (N-methyl/N-ethyl adjacent to an activating group) is 1. The Balaban J connectivity index is 1.91. The molecule has 188 valence electrons. The number of ether oxygens (including phenoxy) is 3. The molecule has 2 amide bonds. The summed E-state index contributed by atoms with van der Waals surface area (Å²) in [6.45, 7) is 5.94. The molecule has 0 radical (unpaired) electrons. The fourth-order valence-corrected chi connectivity index (χ4v) is 3.97. The predicted octanol–water partition coefficient (Wildman–Crippen LogP) is 4.28. The molecule has 0 saturated carbocycles. The summed E-state index contributed by atoms with van der Waals surface area (Å²) in [5.41, 5.74) is 2.39. The molecule has 2 aromatic carbocycles. The molecule has 8 heteroatoms. The maximum Gasteiger partial charge on any atom is 0.262 e. The lowest BCUT2D eigenvalue weighted by molar-refractivity contribution is -0.141. The Morgan fingerprint density at radius 3 is 2.23 bits per heavy atom. The molecule has 1 aliphatic heterocycles. The SMILES string of the molecule is COc1ccc(C2=NN(C(=O)CN(C)C(=O)CC(C)(C)C)C(c3ccc(OC)c(OC)c3)C2)cc1. The van der Waals surface area contributed by atoms with Gasteiger partial charge in [0.2, 0.25) is 5.91 Å². The molecular weight excluding hydrogens is 446 g/mol. The number of carbonyl (C=O) groups excluding carboxylic acids is 2. The lowest BCUT2D eigenvalue weighted by atomic mass is 9.92. The van der Waals surface area contributed by atoms with Crippen molar-refractivity contribution in [2.24, 2.45) is 10.5 Å². The summed E-state index contributed by atoms with van der Waals surface area (Å²) in [5, 5.41) is 6.19. The van der Waals surface area contributed by atoms with E-state index in [0.29, 0.717) is 24.3 Å². The van der Waals surface area contributed by atoms with Gasteiger partial charge < -0.3 is 19.1 Å². The van der Waals surface area contributed by atoms with Gasteiger partial charge in [-0.15, -0.1) is 0 Å². The first-order chi connectivity index (χ1) is 16.6. The van der Waals surface area contributed by atoms with Gasteiger partial charge in [-0.05, 0) is 52.9 Å². The third-order valence-corrected chi connectivity index (χ3v) is 5.86. The van der Waals surface area contributed by atoms with Crippen LogP contribution in [0.3, 0.4) is 0 Å². The maximum atomic E-state index is 13.4. The van der Waals surface area contributed by atoms with Crippen molar-refractivity contribution in [2.45, 2.75) is 39.7 Å². The molecule has 1 unspecified atom stereocenters. The Morgan fingerprint density at radius 1 is 1.00 bits per heavy atom. The van der Waals surface area contributed by atoms with Crippen molar-refractivity contribution < 1.29 is 23.8 Å². The first-order valence-corrected chi connectivity index (χ1v) is 11.6. The highest BCUT2D eigenvalue weighted by molar-refractivity contribution is 6.03. The molecule has 0 aromatic heterocycles. The summed E-state index contributed by atoms with van der Waals surface area (Å²) in [6, 6.07) is 12.8. The van der Waals surface area contributed by atoms with Gasteiger partial charge in [-0.3, -0.25) is 9.59 Å². The third-order valence-electron chi connectivity index (χ3n) is 5.86. The Hall–Kier alpha value is -3.55. The monoisotopic (exact) mass is 481 g/mol. The van der Waals surface area contributed by atoms with Crippen molar-refractivity contribution in [3.63, 3.8) is 0 Å². The molecule has 0 aliphatic carbocycles. The number of carbonyl (C=O) groups is 2. The number of hydrogen-bond acceptors (Lipinski definition) is 6. The van der Waals surface area contributed by atoms with E-state index in [1.54, 1.807) is 28.4 Å². The number of hydrogen-bond donors (Lipinski definition) is 0. The molecule has 0 bridgehead atoms. The minimum absolute atomic E-state index is 0.0574.